The fourth-order valence-corrected chi connectivity index (χ4v) is 8.68. The third kappa shape index (κ3) is 5.71. The van der Waals surface area contributed by atoms with Crippen molar-refractivity contribution in [1.82, 2.24) is 30.2 Å². The number of piperidine rings is 3. The van der Waals surface area contributed by atoms with Crippen LogP contribution in [0.2, 0.25) is 0 Å². The predicted molar refractivity (Wildman–Crippen MR) is 174 cm³/mol. The molecule has 3 atom stereocenters. The van der Waals surface area contributed by atoms with Gasteiger partial charge in [-0.15, -0.1) is 0 Å². The monoisotopic (exact) mass is 678 g/mol. The summed E-state index contributed by atoms with van der Waals surface area (Å²) in [5.74, 6) is -4.83. The number of carbonyl (C=O) groups is 3. The first-order valence-electron chi connectivity index (χ1n) is 17.4. The van der Waals surface area contributed by atoms with Crippen molar-refractivity contribution in [2.75, 3.05) is 42.9 Å². The van der Waals surface area contributed by atoms with Crippen LogP contribution in [0.15, 0.2) is 30.6 Å². The van der Waals surface area contributed by atoms with E-state index >= 15 is 4.39 Å². The largest absolute Gasteiger partial charge is 0.369 e. The Morgan fingerprint density at radius 2 is 1.86 bits per heavy atom. The fraction of sp³-hybridized carbons (Fsp3) is 0.571. The molecule has 8 rings (SSSR count). The maximum Gasteiger partial charge on any atom is 0.276 e. The molecular formula is C35H41F3N8O3. The zero-order valence-corrected chi connectivity index (χ0v) is 27.5. The summed E-state index contributed by atoms with van der Waals surface area (Å²) in [4.78, 5) is 41.3. The number of fused-ring (bicyclic) bond motifs is 2. The molecule has 1 saturated carbocycles. The van der Waals surface area contributed by atoms with Crippen molar-refractivity contribution >= 4 is 29.1 Å². The van der Waals surface area contributed by atoms with Crippen LogP contribution < -0.4 is 15.5 Å². The number of hydrogen-bond donors (Lipinski definition) is 3. The molecule has 3 saturated heterocycles. The first-order valence-corrected chi connectivity index (χ1v) is 17.4. The Hall–Kier alpha value is -4.20. The molecule has 2 aliphatic carbocycles. The van der Waals surface area contributed by atoms with E-state index in [4.69, 9.17) is 0 Å². The summed E-state index contributed by atoms with van der Waals surface area (Å²) in [6, 6.07) is 5.23. The molecule has 5 aliphatic rings. The van der Waals surface area contributed by atoms with Crippen LogP contribution in [0.5, 0.6) is 0 Å². The molecule has 4 fully saturated rings. The second-order valence-electron chi connectivity index (χ2n) is 14.8. The van der Waals surface area contributed by atoms with Crippen LogP contribution in [-0.4, -0.2) is 81.2 Å². The van der Waals surface area contributed by atoms with Crippen LogP contribution in [0.3, 0.4) is 0 Å². The number of aromatic amines is 1. The van der Waals surface area contributed by atoms with Gasteiger partial charge >= 0.3 is 0 Å². The summed E-state index contributed by atoms with van der Waals surface area (Å²) in [6.07, 6.45) is 8.26. The lowest BCUT2D eigenvalue weighted by Gasteiger charge is -2.38. The molecule has 14 heteroatoms. The van der Waals surface area contributed by atoms with Crippen LogP contribution >= 0.6 is 0 Å². The first kappa shape index (κ1) is 32.0. The van der Waals surface area contributed by atoms with E-state index < -0.39 is 29.1 Å². The van der Waals surface area contributed by atoms with E-state index in [9.17, 15) is 23.2 Å². The fourth-order valence-electron chi connectivity index (χ4n) is 8.68. The molecule has 3 aromatic rings. The number of aromatic nitrogens is 4. The molecule has 5 heterocycles. The lowest BCUT2D eigenvalue weighted by Crippen LogP contribution is -2.42. The third-order valence-electron chi connectivity index (χ3n) is 11.9. The van der Waals surface area contributed by atoms with Crippen LogP contribution in [0, 0.1) is 23.1 Å². The molecule has 0 spiro atoms. The van der Waals surface area contributed by atoms with Crippen LogP contribution in [0.4, 0.5) is 24.5 Å². The molecule has 260 valence electrons. The number of nitrogens with one attached hydrogen (secondary N) is 3. The molecule has 3 aliphatic heterocycles. The number of halogens is 3. The number of nitrogens with zero attached hydrogens (tertiary/aromatic N) is 5. The maximum absolute atomic E-state index is 15.2. The molecule has 0 radical (unpaired) electrons. The van der Waals surface area contributed by atoms with Crippen molar-refractivity contribution in [1.29, 1.82) is 0 Å². The quantitative estimate of drug-likeness (QED) is 0.316. The Balaban J connectivity index is 0.793. The van der Waals surface area contributed by atoms with Gasteiger partial charge in [-0.2, -0.15) is 10.2 Å². The zero-order chi connectivity index (χ0) is 34.1. The maximum atomic E-state index is 15.2. The van der Waals surface area contributed by atoms with Crippen molar-refractivity contribution < 1.29 is 27.6 Å². The number of alkyl halides is 2. The van der Waals surface area contributed by atoms with Gasteiger partial charge in [0.25, 0.3) is 11.8 Å². The highest BCUT2D eigenvalue weighted by molar-refractivity contribution is 6.04. The summed E-state index contributed by atoms with van der Waals surface area (Å²) in [7, 11) is 0. The number of benzene rings is 1. The van der Waals surface area contributed by atoms with Gasteiger partial charge in [-0.05, 0) is 62.1 Å². The second-order valence-corrected chi connectivity index (χ2v) is 14.8. The van der Waals surface area contributed by atoms with Crippen molar-refractivity contribution in [3.63, 3.8) is 0 Å². The number of anilines is 2. The molecule has 0 bridgehead atoms. The average molecular weight is 679 g/mol. The molecule has 3 amide bonds. The van der Waals surface area contributed by atoms with E-state index in [1.54, 1.807) is 19.2 Å². The van der Waals surface area contributed by atoms with Gasteiger partial charge in [0, 0.05) is 74.4 Å². The van der Waals surface area contributed by atoms with Gasteiger partial charge in [0.05, 0.1) is 29.5 Å². The van der Waals surface area contributed by atoms with E-state index in [2.05, 4.69) is 35.7 Å². The highest BCUT2D eigenvalue weighted by atomic mass is 19.3. The number of carbonyl (C=O) groups excluding carboxylic acids is 3. The predicted octanol–water partition coefficient (Wildman–Crippen LogP) is 4.44. The normalized spacial score (nSPS) is 27.4. The van der Waals surface area contributed by atoms with Crippen molar-refractivity contribution in [2.45, 2.75) is 76.2 Å². The smallest absolute Gasteiger partial charge is 0.276 e. The lowest BCUT2D eigenvalue weighted by atomic mass is 9.87. The summed E-state index contributed by atoms with van der Waals surface area (Å²) < 4.78 is 45.7. The van der Waals surface area contributed by atoms with Gasteiger partial charge in [0.15, 0.2) is 5.69 Å². The van der Waals surface area contributed by atoms with Crippen molar-refractivity contribution in [2.24, 2.45) is 17.3 Å². The van der Waals surface area contributed by atoms with Gasteiger partial charge in [0.1, 0.15) is 5.82 Å². The molecule has 1 aromatic carbocycles. The third-order valence-corrected chi connectivity index (χ3v) is 11.9. The van der Waals surface area contributed by atoms with Gasteiger partial charge in [0.2, 0.25) is 11.8 Å². The number of rotatable bonds is 7. The molecule has 11 nitrogen and oxygen atoms in total. The van der Waals surface area contributed by atoms with Crippen molar-refractivity contribution in [3.8, 4) is 0 Å². The lowest BCUT2D eigenvalue weighted by molar-refractivity contribution is -0.134. The molecular weight excluding hydrogens is 637 g/mol. The van der Waals surface area contributed by atoms with Crippen LogP contribution in [-0.2, 0) is 22.4 Å². The van der Waals surface area contributed by atoms with E-state index in [1.165, 1.54) is 6.07 Å². The zero-order valence-electron chi connectivity index (χ0n) is 27.5. The topological polar surface area (TPSA) is 128 Å². The Kier molecular flexibility index (Phi) is 7.84. The SMILES string of the molecule is C[C@@]12Cc3[nH]nc(C(=O)Nc4cnn(C5CCN(CC6CCN(c7ccc([C@H]8CCC(=O)NC8=O)cc7F)CC6)CC5)c4)c3C[C@@H]1C2(F)F. The molecule has 3 N–H and O–H groups in total. The highest BCUT2D eigenvalue weighted by Crippen LogP contribution is 2.70. The number of imide groups is 1. The number of hydrogen-bond acceptors (Lipinski definition) is 7. The van der Waals surface area contributed by atoms with Crippen LogP contribution in [0.25, 0.3) is 0 Å². The average Bonchev–Trinajstić information content (AvgIpc) is 3.50. The highest BCUT2D eigenvalue weighted by Gasteiger charge is 2.78. The minimum Gasteiger partial charge on any atom is -0.369 e. The number of likely N-dealkylation sites (tertiary alicyclic amines) is 1. The van der Waals surface area contributed by atoms with Crippen molar-refractivity contribution in [3.05, 3.63) is 58.9 Å². The van der Waals surface area contributed by atoms with E-state index in [1.807, 2.05) is 16.9 Å². The molecule has 49 heavy (non-hydrogen) atoms. The second kappa shape index (κ2) is 12.0. The Morgan fingerprint density at radius 3 is 2.59 bits per heavy atom. The summed E-state index contributed by atoms with van der Waals surface area (Å²) >= 11 is 0. The van der Waals surface area contributed by atoms with E-state index in [0.717, 1.165) is 58.4 Å². The van der Waals surface area contributed by atoms with Gasteiger partial charge in [-0.25, -0.2) is 13.2 Å². The van der Waals surface area contributed by atoms with Crippen LogP contribution in [0.1, 0.15) is 84.7 Å². The Bertz CT molecular complexity index is 1790. The minimum atomic E-state index is -2.72. The Labute approximate surface area is 282 Å². The summed E-state index contributed by atoms with van der Waals surface area (Å²) in [5, 5.41) is 16.7. The first-order chi connectivity index (χ1) is 23.5. The number of amides is 3. The minimum absolute atomic E-state index is 0.148. The van der Waals surface area contributed by atoms with E-state index in [-0.39, 0.29) is 48.6 Å². The van der Waals surface area contributed by atoms with E-state index in [0.29, 0.717) is 40.5 Å². The molecule has 0 unspecified atom stereocenters. The summed E-state index contributed by atoms with van der Waals surface area (Å²) in [5.41, 5.74) is 2.07. The van der Waals surface area contributed by atoms with Gasteiger partial charge < -0.3 is 15.1 Å². The number of H-pyrrole nitrogens is 1. The molecule has 2 aromatic heterocycles. The Morgan fingerprint density at radius 1 is 1.08 bits per heavy atom. The summed E-state index contributed by atoms with van der Waals surface area (Å²) in [6.45, 7) is 6.01. The standard InChI is InChI=1S/C35H41F3N8O3/c1-34-16-27-25(15-29(34)35(34,37)38)31(43-42-27)33(49)40-22-17-39-46(19-22)23-8-10-44(11-9-23)18-20-6-12-45(13-7-20)28-4-2-21(14-26(28)36)24-3-5-30(47)41-32(24)48/h2,4,14,17,19-20,23-24,29H,3,5-13,15-16,18H2,1H3,(H,40,49)(H,42,43)(H,41,47,48)/t24-,29+,34-/m1/s1. The van der Waals surface area contributed by atoms with Gasteiger partial charge in [-0.1, -0.05) is 13.0 Å². The van der Waals surface area contributed by atoms with Gasteiger partial charge in [-0.3, -0.25) is 29.5 Å².